The van der Waals surface area contributed by atoms with Gasteiger partial charge in [-0.3, -0.25) is 0 Å². The summed E-state index contributed by atoms with van der Waals surface area (Å²) in [4.78, 5) is 0. The largest absolute Gasteiger partial charge is 0.454 e. The number of rotatable bonds is 4. The van der Waals surface area contributed by atoms with Crippen molar-refractivity contribution in [3.05, 3.63) is 23.8 Å². The van der Waals surface area contributed by atoms with E-state index in [2.05, 4.69) is 25.2 Å². The fourth-order valence-corrected chi connectivity index (χ4v) is 1.49. The van der Waals surface area contributed by atoms with Gasteiger partial charge in [0.2, 0.25) is 6.79 Å². The summed E-state index contributed by atoms with van der Waals surface area (Å²) in [6.07, 6.45) is 1.14. The monoisotopic (exact) mass is 207 g/mol. The summed E-state index contributed by atoms with van der Waals surface area (Å²) in [6, 6.07) is 6.63. The van der Waals surface area contributed by atoms with Crippen LogP contribution in [-0.4, -0.2) is 12.8 Å². The molecule has 0 bridgehead atoms. The molecule has 3 nitrogen and oxygen atoms in total. The van der Waals surface area contributed by atoms with E-state index < -0.39 is 0 Å². The number of benzene rings is 1. The molecule has 1 N–H and O–H groups in total. The maximum atomic E-state index is 5.32. The first-order chi connectivity index (χ1) is 7.29. The zero-order chi connectivity index (χ0) is 10.7. The molecule has 0 fully saturated rings. The maximum Gasteiger partial charge on any atom is 0.231 e. The molecule has 15 heavy (non-hydrogen) atoms. The van der Waals surface area contributed by atoms with Gasteiger partial charge >= 0.3 is 0 Å². The highest BCUT2D eigenvalue weighted by atomic mass is 16.7. The standard InChI is InChI=1S/C12H17NO2/c1-3-9(2)13-7-10-4-5-11-12(6-10)15-8-14-11/h4-6,9,13H,3,7-8H2,1-2H3/t9-/m1/s1. The number of hydrogen-bond acceptors (Lipinski definition) is 3. The van der Waals surface area contributed by atoms with E-state index in [9.17, 15) is 0 Å². The third-order valence-electron chi connectivity index (χ3n) is 2.70. The molecule has 0 spiro atoms. The van der Waals surface area contributed by atoms with Gasteiger partial charge in [0.05, 0.1) is 0 Å². The average molecular weight is 207 g/mol. The molecule has 1 aliphatic rings. The lowest BCUT2D eigenvalue weighted by Crippen LogP contribution is -2.24. The maximum absolute atomic E-state index is 5.32. The highest BCUT2D eigenvalue weighted by molar-refractivity contribution is 5.44. The van der Waals surface area contributed by atoms with Crippen molar-refractivity contribution in [2.75, 3.05) is 6.79 Å². The van der Waals surface area contributed by atoms with Crippen molar-refractivity contribution < 1.29 is 9.47 Å². The van der Waals surface area contributed by atoms with Gasteiger partial charge in [-0.05, 0) is 31.0 Å². The number of nitrogens with one attached hydrogen (secondary N) is 1. The molecule has 1 aromatic rings. The van der Waals surface area contributed by atoms with Crippen molar-refractivity contribution in [3.63, 3.8) is 0 Å². The molecule has 0 unspecified atom stereocenters. The van der Waals surface area contributed by atoms with Crippen molar-refractivity contribution in [2.45, 2.75) is 32.9 Å². The Morgan fingerprint density at radius 2 is 2.13 bits per heavy atom. The second kappa shape index (κ2) is 4.53. The van der Waals surface area contributed by atoms with E-state index >= 15 is 0 Å². The van der Waals surface area contributed by atoms with Gasteiger partial charge in [0.1, 0.15) is 0 Å². The summed E-state index contributed by atoms with van der Waals surface area (Å²) >= 11 is 0. The molecule has 0 radical (unpaired) electrons. The van der Waals surface area contributed by atoms with Crippen LogP contribution < -0.4 is 14.8 Å². The Hall–Kier alpha value is -1.22. The van der Waals surface area contributed by atoms with Gasteiger partial charge in [0.15, 0.2) is 11.5 Å². The first kappa shape index (κ1) is 10.3. The van der Waals surface area contributed by atoms with Gasteiger partial charge in [0, 0.05) is 12.6 Å². The first-order valence-electron chi connectivity index (χ1n) is 5.41. The third kappa shape index (κ3) is 2.42. The Bertz CT molecular complexity index is 338. The predicted molar refractivity (Wildman–Crippen MR) is 59.2 cm³/mol. The van der Waals surface area contributed by atoms with E-state index in [4.69, 9.17) is 9.47 Å². The van der Waals surface area contributed by atoms with Crippen LogP contribution in [0, 0.1) is 0 Å². The Morgan fingerprint density at radius 1 is 1.33 bits per heavy atom. The molecule has 0 saturated carbocycles. The second-order valence-corrected chi connectivity index (χ2v) is 3.88. The molecule has 0 amide bonds. The zero-order valence-corrected chi connectivity index (χ0v) is 9.25. The van der Waals surface area contributed by atoms with Gasteiger partial charge < -0.3 is 14.8 Å². The van der Waals surface area contributed by atoms with E-state index in [0.29, 0.717) is 12.8 Å². The number of fused-ring (bicyclic) bond motifs is 1. The van der Waals surface area contributed by atoms with E-state index in [1.807, 2.05) is 12.1 Å². The Balaban J connectivity index is 1.98. The molecule has 0 saturated heterocycles. The number of ether oxygens (including phenoxy) is 2. The molecule has 2 rings (SSSR count). The van der Waals surface area contributed by atoms with Crippen molar-refractivity contribution in [1.29, 1.82) is 0 Å². The van der Waals surface area contributed by atoms with E-state index in [-0.39, 0.29) is 0 Å². The van der Waals surface area contributed by atoms with Gasteiger partial charge in [-0.1, -0.05) is 13.0 Å². The van der Waals surface area contributed by atoms with E-state index in [0.717, 1.165) is 24.5 Å². The van der Waals surface area contributed by atoms with Crippen LogP contribution in [-0.2, 0) is 6.54 Å². The lowest BCUT2D eigenvalue weighted by molar-refractivity contribution is 0.174. The Labute approximate surface area is 90.4 Å². The first-order valence-corrected chi connectivity index (χ1v) is 5.41. The smallest absolute Gasteiger partial charge is 0.231 e. The van der Waals surface area contributed by atoms with Crippen LogP contribution >= 0.6 is 0 Å². The van der Waals surface area contributed by atoms with Crippen molar-refractivity contribution in [1.82, 2.24) is 5.32 Å². The minimum absolute atomic E-state index is 0.345. The fourth-order valence-electron chi connectivity index (χ4n) is 1.49. The molecular weight excluding hydrogens is 190 g/mol. The van der Waals surface area contributed by atoms with Crippen LogP contribution in [0.3, 0.4) is 0 Å². The summed E-state index contributed by atoms with van der Waals surface area (Å²) in [5, 5.41) is 3.44. The van der Waals surface area contributed by atoms with Gasteiger partial charge in [-0.25, -0.2) is 0 Å². The quantitative estimate of drug-likeness (QED) is 0.821. The molecule has 0 aromatic heterocycles. The van der Waals surface area contributed by atoms with Crippen LogP contribution in [0.15, 0.2) is 18.2 Å². The van der Waals surface area contributed by atoms with Crippen LogP contribution in [0.2, 0.25) is 0 Å². The summed E-state index contributed by atoms with van der Waals surface area (Å²) in [7, 11) is 0. The molecule has 1 heterocycles. The van der Waals surface area contributed by atoms with E-state index in [1.54, 1.807) is 0 Å². The fraction of sp³-hybridized carbons (Fsp3) is 0.500. The van der Waals surface area contributed by atoms with Crippen molar-refractivity contribution in [3.8, 4) is 11.5 Å². The second-order valence-electron chi connectivity index (χ2n) is 3.88. The lowest BCUT2D eigenvalue weighted by Gasteiger charge is -2.11. The topological polar surface area (TPSA) is 30.5 Å². The summed E-state index contributed by atoms with van der Waals surface area (Å²) in [6.45, 7) is 5.59. The molecule has 3 heteroatoms. The molecule has 0 aliphatic carbocycles. The van der Waals surface area contributed by atoms with Gasteiger partial charge in [0.25, 0.3) is 0 Å². The minimum Gasteiger partial charge on any atom is -0.454 e. The SMILES string of the molecule is CC[C@@H](C)NCc1ccc2c(c1)OCO2. The zero-order valence-electron chi connectivity index (χ0n) is 9.25. The number of hydrogen-bond donors (Lipinski definition) is 1. The highest BCUT2D eigenvalue weighted by Gasteiger charge is 2.12. The van der Waals surface area contributed by atoms with Crippen LogP contribution in [0.25, 0.3) is 0 Å². The summed E-state index contributed by atoms with van der Waals surface area (Å²) < 4.78 is 10.6. The van der Waals surface area contributed by atoms with Crippen molar-refractivity contribution in [2.24, 2.45) is 0 Å². The van der Waals surface area contributed by atoms with E-state index in [1.165, 1.54) is 5.56 Å². The molecule has 82 valence electrons. The predicted octanol–water partition coefficient (Wildman–Crippen LogP) is 2.30. The average Bonchev–Trinajstić information content (AvgIpc) is 2.72. The van der Waals surface area contributed by atoms with Crippen molar-refractivity contribution >= 4 is 0 Å². The van der Waals surface area contributed by atoms with Crippen LogP contribution in [0.4, 0.5) is 0 Å². The molecule has 1 aliphatic heterocycles. The van der Waals surface area contributed by atoms with Crippen LogP contribution in [0.5, 0.6) is 11.5 Å². The highest BCUT2D eigenvalue weighted by Crippen LogP contribution is 2.32. The normalized spacial score (nSPS) is 15.3. The summed E-state index contributed by atoms with van der Waals surface area (Å²) in [5.74, 6) is 1.71. The summed E-state index contributed by atoms with van der Waals surface area (Å²) in [5.41, 5.74) is 1.24. The lowest BCUT2D eigenvalue weighted by atomic mass is 10.2. The Kier molecular flexibility index (Phi) is 3.11. The van der Waals surface area contributed by atoms with Crippen LogP contribution in [0.1, 0.15) is 25.8 Å². The van der Waals surface area contributed by atoms with Gasteiger partial charge in [-0.15, -0.1) is 0 Å². The molecule has 1 atom stereocenters. The minimum atomic E-state index is 0.345. The Morgan fingerprint density at radius 3 is 2.93 bits per heavy atom. The molecule has 1 aromatic carbocycles. The molecular formula is C12H17NO2. The third-order valence-corrected chi connectivity index (χ3v) is 2.70. The van der Waals surface area contributed by atoms with Gasteiger partial charge in [-0.2, -0.15) is 0 Å².